The van der Waals surface area contributed by atoms with Gasteiger partial charge in [-0.05, 0) is 24.3 Å². The zero-order valence-corrected chi connectivity index (χ0v) is 11.8. The van der Waals surface area contributed by atoms with E-state index in [1.54, 1.807) is 24.3 Å². The molecule has 6 heteroatoms. The van der Waals surface area contributed by atoms with Crippen LogP contribution >= 0.6 is 11.6 Å². The fourth-order valence-corrected chi connectivity index (χ4v) is 2.06. The quantitative estimate of drug-likeness (QED) is 0.750. The number of rotatable bonds is 7. The highest BCUT2D eigenvalue weighted by molar-refractivity contribution is 7.84. The van der Waals surface area contributed by atoms with E-state index in [4.69, 9.17) is 11.6 Å². The van der Waals surface area contributed by atoms with Crippen LogP contribution in [0.4, 0.5) is 5.69 Å². The molecule has 0 aliphatic heterocycles. The molecule has 0 aromatic heterocycles. The molecule has 1 aromatic rings. The molecule has 0 aliphatic carbocycles. The molecule has 2 N–H and O–H groups in total. The average Bonchev–Trinajstić information content (AvgIpc) is 2.37. The predicted octanol–water partition coefficient (Wildman–Crippen LogP) is 1.64. The Labute approximate surface area is 115 Å². The molecule has 1 aromatic carbocycles. The lowest BCUT2D eigenvalue weighted by Crippen LogP contribution is -2.30. The van der Waals surface area contributed by atoms with Crippen molar-refractivity contribution < 1.29 is 9.00 Å². The molecule has 4 nitrogen and oxygen atoms in total. The van der Waals surface area contributed by atoms with E-state index in [9.17, 15) is 9.00 Å². The lowest BCUT2D eigenvalue weighted by Gasteiger charge is -2.06. The summed E-state index contributed by atoms with van der Waals surface area (Å²) < 4.78 is 11.1. The molecular weight excluding hydrogens is 272 g/mol. The van der Waals surface area contributed by atoms with Crippen LogP contribution in [0.15, 0.2) is 24.3 Å². The Morgan fingerprint density at radius 2 is 2.00 bits per heavy atom. The van der Waals surface area contributed by atoms with Crippen molar-refractivity contribution in [3.8, 4) is 0 Å². The third kappa shape index (κ3) is 6.14. The van der Waals surface area contributed by atoms with E-state index in [0.29, 0.717) is 28.8 Å². The highest BCUT2D eigenvalue weighted by Gasteiger charge is 2.02. The van der Waals surface area contributed by atoms with Crippen LogP contribution in [-0.2, 0) is 15.6 Å². The lowest BCUT2D eigenvalue weighted by molar-refractivity contribution is -0.115. The van der Waals surface area contributed by atoms with Crippen molar-refractivity contribution in [1.29, 1.82) is 0 Å². The molecule has 0 radical (unpaired) electrons. The Morgan fingerprint density at radius 3 is 2.61 bits per heavy atom. The summed E-state index contributed by atoms with van der Waals surface area (Å²) in [4.78, 5) is 11.5. The van der Waals surface area contributed by atoms with Crippen LogP contribution in [0.1, 0.15) is 6.92 Å². The van der Waals surface area contributed by atoms with Gasteiger partial charge in [0.15, 0.2) is 0 Å². The Kier molecular flexibility index (Phi) is 6.93. The monoisotopic (exact) mass is 288 g/mol. The lowest BCUT2D eigenvalue weighted by atomic mass is 10.3. The molecule has 0 saturated carbocycles. The van der Waals surface area contributed by atoms with Crippen molar-refractivity contribution in [2.75, 3.05) is 29.9 Å². The molecule has 0 spiro atoms. The number of benzene rings is 1. The van der Waals surface area contributed by atoms with Gasteiger partial charge in [0.1, 0.15) is 0 Å². The van der Waals surface area contributed by atoms with Gasteiger partial charge in [-0.1, -0.05) is 18.5 Å². The van der Waals surface area contributed by atoms with E-state index in [-0.39, 0.29) is 12.5 Å². The van der Waals surface area contributed by atoms with Gasteiger partial charge in [-0.15, -0.1) is 0 Å². The van der Waals surface area contributed by atoms with Crippen molar-refractivity contribution in [2.45, 2.75) is 6.92 Å². The number of hydrogen-bond acceptors (Lipinski definition) is 3. The van der Waals surface area contributed by atoms with Crippen LogP contribution in [0.3, 0.4) is 0 Å². The number of amides is 1. The average molecular weight is 289 g/mol. The summed E-state index contributed by atoms with van der Waals surface area (Å²) >= 11 is 5.74. The summed E-state index contributed by atoms with van der Waals surface area (Å²) in [6.45, 7) is 2.67. The second-order valence-electron chi connectivity index (χ2n) is 3.66. The fourth-order valence-electron chi connectivity index (χ4n) is 1.27. The summed E-state index contributed by atoms with van der Waals surface area (Å²) in [6.07, 6.45) is 0. The zero-order valence-electron chi connectivity index (χ0n) is 10.2. The third-order valence-electron chi connectivity index (χ3n) is 2.24. The van der Waals surface area contributed by atoms with Crippen molar-refractivity contribution in [1.82, 2.24) is 5.32 Å². The van der Waals surface area contributed by atoms with Crippen LogP contribution in [0.2, 0.25) is 5.02 Å². The second-order valence-corrected chi connectivity index (χ2v) is 5.97. The molecule has 0 fully saturated rings. The number of nitrogens with one attached hydrogen (secondary N) is 2. The van der Waals surface area contributed by atoms with Crippen LogP contribution in [0.25, 0.3) is 0 Å². The van der Waals surface area contributed by atoms with Crippen molar-refractivity contribution in [2.24, 2.45) is 0 Å². The van der Waals surface area contributed by atoms with E-state index in [0.717, 1.165) is 0 Å². The first-order chi connectivity index (χ1) is 8.61. The number of halogens is 1. The first-order valence-electron chi connectivity index (χ1n) is 5.73. The Hall–Kier alpha value is -0.910. The fraction of sp³-hybridized carbons (Fsp3) is 0.417. The zero-order chi connectivity index (χ0) is 13.4. The normalized spacial score (nSPS) is 12.1. The maximum atomic E-state index is 11.5. The van der Waals surface area contributed by atoms with Crippen LogP contribution in [-0.4, -0.2) is 34.7 Å². The Balaban J connectivity index is 2.21. The van der Waals surface area contributed by atoms with Crippen molar-refractivity contribution in [3.05, 3.63) is 29.3 Å². The second kappa shape index (κ2) is 8.24. The number of hydrogen-bond donors (Lipinski definition) is 2. The molecule has 1 unspecified atom stereocenters. The smallest absolute Gasteiger partial charge is 0.238 e. The van der Waals surface area contributed by atoms with Gasteiger partial charge in [-0.2, -0.15) is 0 Å². The van der Waals surface area contributed by atoms with Crippen LogP contribution in [0, 0.1) is 0 Å². The van der Waals surface area contributed by atoms with Gasteiger partial charge in [0, 0.05) is 39.6 Å². The van der Waals surface area contributed by atoms with Gasteiger partial charge < -0.3 is 10.6 Å². The van der Waals surface area contributed by atoms with Crippen molar-refractivity contribution >= 4 is 34.0 Å². The molecule has 0 heterocycles. The first kappa shape index (κ1) is 15.1. The van der Waals surface area contributed by atoms with Gasteiger partial charge in [0.25, 0.3) is 0 Å². The summed E-state index contributed by atoms with van der Waals surface area (Å²) in [5.74, 6) is 1.10. The molecule has 0 aliphatic rings. The largest absolute Gasteiger partial charge is 0.325 e. The minimum absolute atomic E-state index is 0.125. The topological polar surface area (TPSA) is 58.2 Å². The van der Waals surface area contributed by atoms with E-state index >= 15 is 0 Å². The van der Waals surface area contributed by atoms with Gasteiger partial charge in [0.2, 0.25) is 5.91 Å². The first-order valence-corrected chi connectivity index (χ1v) is 7.59. The molecule has 1 amide bonds. The molecule has 1 rings (SSSR count). The standard InChI is InChI=1S/C12H17ClN2O2S/c1-2-18(17)8-7-14-9-12(16)15-11-5-3-10(13)4-6-11/h3-6,14H,2,7-9H2,1H3,(H,15,16). The van der Waals surface area contributed by atoms with E-state index in [2.05, 4.69) is 10.6 Å². The maximum absolute atomic E-state index is 11.5. The minimum atomic E-state index is -0.791. The molecule has 0 bridgehead atoms. The van der Waals surface area contributed by atoms with E-state index < -0.39 is 10.8 Å². The summed E-state index contributed by atoms with van der Waals surface area (Å²) in [5, 5.41) is 6.32. The Morgan fingerprint density at radius 1 is 1.33 bits per heavy atom. The molecule has 18 heavy (non-hydrogen) atoms. The Bertz CT molecular complexity index is 409. The molecule has 100 valence electrons. The van der Waals surface area contributed by atoms with Crippen LogP contribution in [0.5, 0.6) is 0 Å². The van der Waals surface area contributed by atoms with Gasteiger partial charge in [-0.3, -0.25) is 9.00 Å². The predicted molar refractivity (Wildman–Crippen MR) is 76.5 cm³/mol. The van der Waals surface area contributed by atoms with E-state index in [1.165, 1.54) is 0 Å². The number of anilines is 1. The number of carbonyl (C=O) groups is 1. The highest BCUT2D eigenvalue weighted by Crippen LogP contribution is 2.12. The maximum Gasteiger partial charge on any atom is 0.238 e. The van der Waals surface area contributed by atoms with Crippen molar-refractivity contribution in [3.63, 3.8) is 0 Å². The highest BCUT2D eigenvalue weighted by atomic mass is 35.5. The van der Waals surface area contributed by atoms with Gasteiger partial charge >= 0.3 is 0 Å². The molecular formula is C12H17ClN2O2S. The SMILES string of the molecule is CCS(=O)CCNCC(=O)Nc1ccc(Cl)cc1. The molecule has 1 atom stereocenters. The van der Waals surface area contributed by atoms with Gasteiger partial charge in [-0.25, -0.2) is 0 Å². The molecule has 0 saturated heterocycles. The van der Waals surface area contributed by atoms with Crippen LogP contribution < -0.4 is 10.6 Å². The summed E-state index contributed by atoms with van der Waals surface area (Å²) in [7, 11) is -0.791. The number of carbonyl (C=O) groups excluding carboxylic acids is 1. The van der Waals surface area contributed by atoms with Gasteiger partial charge in [0.05, 0.1) is 6.54 Å². The van der Waals surface area contributed by atoms with E-state index in [1.807, 2.05) is 6.92 Å². The minimum Gasteiger partial charge on any atom is -0.325 e. The third-order valence-corrected chi connectivity index (χ3v) is 3.80. The summed E-state index contributed by atoms with van der Waals surface area (Å²) in [6, 6.07) is 6.92. The summed E-state index contributed by atoms with van der Waals surface area (Å²) in [5.41, 5.74) is 0.711.